The molecule has 2 amide bonds. The van der Waals surface area contributed by atoms with Crippen LogP contribution < -0.4 is 14.4 Å². The average molecular weight is 694 g/mol. The number of sulfonamides is 1. The summed E-state index contributed by atoms with van der Waals surface area (Å²) < 4.78 is 50.6. The molecule has 0 saturated heterocycles. The molecule has 0 spiro atoms. The maximum absolute atomic E-state index is 15.1. The molecule has 50 heavy (non-hydrogen) atoms. The molecule has 5 aromatic carbocycles. The Morgan fingerprint density at radius 2 is 1.32 bits per heavy atom. The Morgan fingerprint density at radius 3 is 1.94 bits per heavy atom. The largest absolute Gasteiger partial charge is 0.457 e. The molecule has 5 aromatic rings. The fraction of sp³-hybridized carbons (Fsp3) is 0.200. The summed E-state index contributed by atoms with van der Waals surface area (Å²) in [6.45, 7) is 2.87. The first kappa shape index (κ1) is 35.8. The monoisotopic (exact) mass is 693 g/mol. The predicted octanol–water partition coefficient (Wildman–Crippen LogP) is 7.37. The minimum absolute atomic E-state index is 0.0200. The van der Waals surface area contributed by atoms with Crippen LogP contribution in [0.2, 0.25) is 0 Å². The highest BCUT2D eigenvalue weighted by Crippen LogP contribution is 2.29. The molecular weight excluding hydrogens is 654 g/mol. The van der Waals surface area contributed by atoms with Crippen molar-refractivity contribution < 1.29 is 27.1 Å². The summed E-state index contributed by atoms with van der Waals surface area (Å²) >= 11 is 0. The van der Waals surface area contributed by atoms with Gasteiger partial charge in [-0.15, -0.1) is 0 Å². The SMILES string of the molecule is CC[C@@H](C)NC(=O)[C@@H](Cc1ccccc1)N(Cc1ccccc1F)C(=O)CN(c1ccc(Oc2ccccc2)cc1)S(=O)(=O)c1ccccc1. The van der Waals surface area contributed by atoms with Gasteiger partial charge in [0.1, 0.15) is 29.9 Å². The standard InChI is InChI=1S/C40H40FN3O5S/c1-3-30(2)42-40(46)38(27-31-15-7-4-8-16-31)43(28-32-17-13-14-22-37(32)41)39(45)29-44(50(47,48)36-20-11-6-12-21-36)33-23-25-35(26-24-33)49-34-18-9-5-10-19-34/h4-26,30,38H,3,27-29H2,1-2H3,(H,42,46)/t30-,38-/m1/s1. The zero-order valence-corrected chi connectivity index (χ0v) is 28.8. The van der Waals surface area contributed by atoms with Crippen molar-refractivity contribution >= 4 is 27.5 Å². The van der Waals surface area contributed by atoms with Crippen molar-refractivity contribution in [2.45, 2.75) is 50.2 Å². The summed E-state index contributed by atoms with van der Waals surface area (Å²) in [4.78, 5) is 29.8. The molecule has 0 aliphatic carbocycles. The molecule has 0 saturated carbocycles. The quantitative estimate of drug-likeness (QED) is 0.124. The Balaban J connectivity index is 1.56. The van der Waals surface area contributed by atoms with E-state index in [9.17, 15) is 18.0 Å². The fourth-order valence-corrected chi connectivity index (χ4v) is 6.79. The van der Waals surface area contributed by atoms with Crippen LogP contribution >= 0.6 is 0 Å². The highest BCUT2D eigenvalue weighted by atomic mass is 32.2. The average Bonchev–Trinajstić information content (AvgIpc) is 3.14. The summed E-state index contributed by atoms with van der Waals surface area (Å²) in [5, 5.41) is 2.98. The second-order valence-corrected chi connectivity index (χ2v) is 13.7. The van der Waals surface area contributed by atoms with Gasteiger partial charge in [-0.2, -0.15) is 0 Å². The van der Waals surface area contributed by atoms with Gasteiger partial charge >= 0.3 is 0 Å². The van der Waals surface area contributed by atoms with E-state index in [1.165, 1.54) is 23.1 Å². The molecule has 0 radical (unpaired) electrons. The second-order valence-electron chi connectivity index (χ2n) is 11.9. The lowest BCUT2D eigenvalue weighted by atomic mass is 10.0. The van der Waals surface area contributed by atoms with E-state index in [0.29, 0.717) is 17.9 Å². The van der Waals surface area contributed by atoms with Gasteiger partial charge in [0.25, 0.3) is 10.0 Å². The summed E-state index contributed by atoms with van der Waals surface area (Å²) in [5.74, 6) is -0.582. The number of nitrogens with one attached hydrogen (secondary N) is 1. The van der Waals surface area contributed by atoms with Gasteiger partial charge in [-0.25, -0.2) is 12.8 Å². The third-order valence-electron chi connectivity index (χ3n) is 8.28. The van der Waals surface area contributed by atoms with Gasteiger partial charge in [0.05, 0.1) is 10.6 Å². The van der Waals surface area contributed by atoms with Crippen molar-refractivity contribution in [1.82, 2.24) is 10.2 Å². The van der Waals surface area contributed by atoms with Crippen LogP contribution in [0.4, 0.5) is 10.1 Å². The second kappa shape index (κ2) is 16.8. The molecular formula is C40H40FN3O5S. The van der Waals surface area contributed by atoms with Gasteiger partial charge in [-0.05, 0) is 73.5 Å². The molecule has 258 valence electrons. The number of anilines is 1. The number of hydrogen-bond acceptors (Lipinski definition) is 5. The van der Waals surface area contributed by atoms with E-state index < -0.39 is 40.2 Å². The maximum atomic E-state index is 15.1. The van der Waals surface area contributed by atoms with Crippen LogP contribution in [0.1, 0.15) is 31.4 Å². The smallest absolute Gasteiger partial charge is 0.264 e. The van der Waals surface area contributed by atoms with Crippen LogP contribution in [0, 0.1) is 5.82 Å². The Labute approximate surface area is 293 Å². The number of nitrogens with zero attached hydrogens (tertiary/aromatic N) is 2. The Bertz CT molecular complexity index is 1960. The molecule has 2 atom stereocenters. The molecule has 1 N–H and O–H groups in total. The Hall–Kier alpha value is -5.48. The van der Waals surface area contributed by atoms with Crippen LogP contribution in [0.25, 0.3) is 0 Å². The molecule has 5 rings (SSSR count). The molecule has 0 fully saturated rings. The number of para-hydroxylation sites is 1. The number of rotatable bonds is 15. The minimum atomic E-state index is -4.29. The molecule has 0 heterocycles. The summed E-state index contributed by atoms with van der Waals surface area (Å²) in [6.07, 6.45) is 0.776. The Kier molecular flexibility index (Phi) is 12.0. The van der Waals surface area contributed by atoms with Gasteiger partial charge in [0.2, 0.25) is 11.8 Å². The summed E-state index contributed by atoms with van der Waals surface area (Å²) in [6, 6.07) is 37.3. The normalized spacial score (nSPS) is 12.4. The van der Waals surface area contributed by atoms with Crippen molar-refractivity contribution in [3.05, 3.63) is 156 Å². The molecule has 0 aliphatic rings. The highest BCUT2D eigenvalue weighted by molar-refractivity contribution is 7.92. The number of amides is 2. The van der Waals surface area contributed by atoms with E-state index >= 15 is 4.39 Å². The van der Waals surface area contributed by atoms with Gasteiger partial charge in [0, 0.05) is 24.6 Å². The lowest BCUT2D eigenvalue weighted by Crippen LogP contribution is -2.54. The third kappa shape index (κ3) is 9.15. The number of carbonyl (C=O) groups is 2. The molecule has 0 aliphatic heterocycles. The van der Waals surface area contributed by atoms with Crippen LogP contribution in [0.3, 0.4) is 0 Å². The van der Waals surface area contributed by atoms with E-state index in [0.717, 1.165) is 9.87 Å². The lowest BCUT2D eigenvalue weighted by molar-refractivity contribution is -0.140. The van der Waals surface area contributed by atoms with Crippen LogP contribution in [-0.2, 0) is 32.6 Å². The van der Waals surface area contributed by atoms with Gasteiger partial charge in [0.15, 0.2) is 0 Å². The predicted molar refractivity (Wildman–Crippen MR) is 193 cm³/mol. The molecule has 10 heteroatoms. The van der Waals surface area contributed by atoms with E-state index in [-0.39, 0.29) is 35.2 Å². The zero-order chi connectivity index (χ0) is 35.5. The van der Waals surface area contributed by atoms with Crippen molar-refractivity contribution in [1.29, 1.82) is 0 Å². The minimum Gasteiger partial charge on any atom is -0.457 e. The number of ether oxygens (including phenoxy) is 1. The molecule has 0 unspecified atom stereocenters. The zero-order valence-electron chi connectivity index (χ0n) is 28.0. The van der Waals surface area contributed by atoms with Crippen LogP contribution in [0.15, 0.2) is 144 Å². The van der Waals surface area contributed by atoms with E-state index in [1.807, 2.05) is 62.4 Å². The van der Waals surface area contributed by atoms with E-state index in [4.69, 9.17) is 4.74 Å². The van der Waals surface area contributed by atoms with Gasteiger partial charge in [-0.1, -0.05) is 91.9 Å². The lowest BCUT2D eigenvalue weighted by Gasteiger charge is -2.34. The van der Waals surface area contributed by atoms with Crippen molar-refractivity contribution in [2.24, 2.45) is 0 Å². The van der Waals surface area contributed by atoms with Gasteiger partial charge in [-0.3, -0.25) is 13.9 Å². The van der Waals surface area contributed by atoms with Crippen molar-refractivity contribution in [2.75, 3.05) is 10.8 Å². The first-order valence-corrected chi connectivity index (χ1v) is 17.9. The molecule has 8 nitrogen and oxygen atoms in total. The van der Waals surface area contributed by atoms with Crippen LogP contribution in [-0.4, -0.2) is 43.8 Å². The number of benzene rings is 5. The highest BCUT2D eigenvalue weighted by Gasteiger charge is 2.35. The Morgan fingerprint density at radius 1 is 0.760 bits per heavy atom. The maximum Gasteiger partial charge on any atom is 0.264 e. The first-order chi connectivity index (χ1) is 24.2. The molecule has 0 bridgehead atoms. The van der Waals surface area contributed by atoms with E-state index in [2.05, 4.69) is 5.32 Å². The van der Waals surface area contributed by atoms with E-state index in [1.54, 1.807) is 72.8 Å². The third-order valence-corrected chi connectivity index (χ3v) is 10.1. The number of hydrogen-bond donors (Lipinski definition) is 1. The first-order valence-electron chi connectivity index (χ1n) is 16.4. The van der Waals surface area contributed by atoms with Gasteiger partial charge < -0.3 is 15.0 Å². The molecule has 0 aromatic heterocycles. The summed E-state index contributed by atoms with van der Waals surface area (Å²) in [7, 11) is -4.29. The number of halogens is 1. The van der Waals surface area contributed by atoms with Crippen molar-refractivity contribution in [3.63, 3.8) is 0 Å². The topological polar surface area (TPSA) is 96.0 Å². The number of carbonyl (C=O) groups excluding carboxylic acids is 2. The van der Waals surface area contributed by atoms with Crippen LogP contribution in [0.5, 0.6) is 11.5 Å². The fourth-order valence-electron chi connectivity index (χ4n) is 5.36. The van der Waals surface area contributed by atoms with Crippen molar-refractivity contribution in [3.8, 4) is 11.5 Å². The summed E-state index contributed by atoms with van der Waals surface area (Å²) in [5.41, 5.74) is 1.18.